The van der Waals surface area contributed by atoms with Crippen LogP contribution < -0.4 is 4.74 Å². The number of rotatable bonds is 6. The molecule has 3 aromatic rings. The minimum Gasteiger partial charge on any atom is -0.486 e. The molecule has 0 atom stereocenters. The molecule has 7 nitrogen and oxygen atoms in total. The van der Waals surface area contributed by atoms with Crippen LogP contribution in [0.1, 0.15) is 45.9 Å². The summed E-state index contributed by atoms with van der Waals surface area (Å²) in [4.78, 5) is 22.2. The summed E-state index contributed by atoms with van der Waals surface area (Å²) in [5.74, 6) is 1.08. The van der Waals surface area contributed by atoms with Crippen LogP contribution >= 0.6 is 0 Å². The van der Waals surface area contributed by atoms with E-state index < -0.39 is 0 Å². The van der Waals surface area contributed by atoms with Gasteiger partial charge in [-0.15, -0.1) is 0 Å². The van der Waals surface area contributed by atoms with E-state index in [2.05, 4.69) is 27.3 Å². The van der Waals surface area contributed by atoms with Crippen molar-refractivity contribution >= 4 is 5.91 Å². The highest BCUT2D eigenvalue weighted by Gasteiger charge is 2.18. The number of amides is 1. The first kappa shape index (κ1) is 18.2. The van der Waals surface area contributed by atoms with Crippen molar-refractivity contribution in [2.24, 2.45) is 0 Å². The molecule has 2 heterocycles. The number of carbonyl (C=O) groups excluding carboxylic acids is 1. The maximum Gasteiger partial charge on any atom is 0.276 e. The predicted molar refractivity (Wildman–Crippen MR) is 102 cm³/mol. The Morgan fingerprint density at radius 3 is 2.86 bits per heavy atom. The Morgan fingerprint density at radius 2 is 2.04 bits per heavy atom. The summed E-state index contributed by atoms with van der Waals surface area (Å²) in [7, 11) is 1.69. The first-order valence-corrected chi connectivity index (χ1v) is 9.39. The van der Waals surface area contributed by atoms with Crippen molar-refractivity contribution in [3.8, 4) is 5.75 Å². The van der Waals surface area contributed by atoms with Gasteiger partial charge < -0.3 is 14.2 Å². The lowest BCUT2D eigenvalue weighted by Crippen LogP contribution is -2.26. The molecule has 28 heavy (non-hydrogen) atoms. The van der Waals surface area contributed by atoms with Gasteiger partial charge in [-0.05, 0) is 48.9 Å². The summed E-state index contributed by atoms with van der Waals surface area (Å²) in [5.41, 5.74) is 3.73. The zero-order chi connectivity index (χ0) is 19.3. The van der Waals surface area contributed by atoms with Gasteiger partial charge in [-0.2, -0.15) is 0 Å². The average molecular weight is 378 g/mol. The van der Waals surface area contributed by atoms with Crippen LogP contribution in [-0.4, -0.2) is 33.0 Å². The predicted octanol–water partition coefficient (Wildman–Crippen LogP) is 3.19. The van der Waals surface area contributed by atoms with E-state index in [4.69, 9.17) is 9.26 Å². The topological polar surface area (TPSA) is 81.4 Å². The second kappa shape index (κ2) is 8.21. The quantitative estimate of drug-likeness (QED) is 0.655. The van der Waals surface area contributed by atoms with E-state index in [0.29, 0.717) is 18.0 Å². The highest BCUT2D eigenvalue weighted by molar-refractivity contribution is 5.92. The lowest BCUT2D eigenvalue weighted by atomic mass is 9.92. The number of aryl methyl sites for hydroxylation is 2. The Hall–Kier alpha value is -3.22. The molecule has 0 saturated carbocycles. The van der Waals surface area contributed by atoms with Crippen LogP contribution in [0.4, 0.5) is 0 Å². The van der Waals surface area contributed by atoms with E-state index >= 15 is 0 Å². The van der Waals surface area contributed by atoms with Gasteiger partial charge in [-0.1, -0.05) is 11.2 Å². The largest absolute Gasteiger partial charge is 0.486 e. The first-order valence-electron chi connectivity index (χ1n) is 9.39. The lowest BCUT2D eigenvalue weighted by molar-refractivity contribution is 0.0772. The third kappa shape index (κ3) is 4.19. The molecule has 1 aliphatic rings. The highest BCUT2D eigenvalue weighted by atomic mass is 16.5. The monoisotopic (exact) mass is 378 g/mol. The maximum absolute atomic E-state index is 12.5. The number of ether oxygens (including phenoxy) is 1. The van der Waals surface area contributed by atoms with Gasteiger partial charge >= 0.3 is 0 Å². The highest BCUT2D eigenvalue weighted by Crippen LogP contribution is 2.25. The lowest BCUT2D eigenvalue weighted by Gasteiger charge is -2.16. The van der Waals surface area contributed by atoms with Crippen LogP contribution in [-0.2, 0) is 26.0 Å². The molecule has 0 spiro atoms. The van der Waals surface area contributed by atoms with E-state index in [-0.39, 0.29) is 18.2 Å². The Morgan fingerprint density at radius 1 is 1.18 bits per heavy atom. The van der Waals surface area contributed by atoms with E-state index in [0.717, 1.165) is 18.6 Å². The molecule has 4 rings (SSSR count). The van der Waals surface area contributed by atoms with Crippen molar-refractivity contribution in [3.63, 3.8) is 0 Å². The number of hydrogen-bond acceptors (Lipinski definition) is 6. The van der Waals surface area contributed by atoms with Crippen LogP contribution in [0.2, 0.25) is 0 Å². The van der Waals surface area contributed by atoms with Gasteiger partial charge in [0, 0.05) is 25.5 Å². The summed E-state index contributed by atoms with van der Waals surface area (Å²) in [5, 5.41) is 3.88. The molecule has 0 fully saturated rings. The minimum atomic E-state index is -0.241. The Bertz CT molecular complexity index is 955. The second-order valence-corrected chi connectivity index (χ2v) is 6.96. The number of hydrogen-bond donors (Lipinski definition) is 0. The molecule has 0 unspecified atom stereocenters. The standard InChI is InChI=1S/C21H22N4O3/c1-25(13-17-12-22-8-9-23-17)21(26)20-11-19(28-24-20)14-27-18-7-6-15-4-2-3-5-16(15)10-18/h6-12H,2-5,13-14H2,1H3. The van der Waals surface area contributed by atoms with Gasteiger partial charge in [0.2, 0.25) is 0 Å². The number of carbonyl (C=O) groups is 1. The van der Waals surface area contributed by atoms with Crippen LogP contribution in [0.3, 0.4) is 0 Å². The Labute approximate surface area is 163 Å². The molecule has 144 valence electrons. The van der Waals surface area contributed by atoms with Crippen molar-refractivity contribution in [3.05, 3.63) is 71.1 Å². The summed E-state index contributed by atoms with van der Waals surface area (Å²) < 4.78 is 11.1. The van der Waals surface area contributed by atoms with Crippen LogP contribution in [0, 0.1) is 0 Å². The summed E-state index contributed by atoms with van der Waals surface area (Å²) in [6.45, 7) is 0.577. The van der Waals surface area contributed by atoms with E-state index in [1.165, 1.54) is 28.9 Å². The third-order valence-corrected chi connectivity index (χ3v) is 4.84. The van der Waals surface area contributed by atoms with Crippen molar-refractivity contribution in [1.82, 2.24) is 20.0 Å². The van der Waals surface area contributed by atoms with Gasteiger partial charge in [0.1, 0.15) is 12.4 Å². The Balaban J connectivity index is 1.35. The first-order chi connectivity index (χ1) is 13.7. The van der Waals surface area contributed by atoms with Gasteiger partial charge in [0.25, 0.3) is 5.91 Å². The fourth-order valence-electron chi connectivity index (χ4n) is 3.36. The molecule has 1 aliphatic carbocycles. The minimum absolute atomic E-state index is 0.229. The molecule has 1 aromatic carbocycles. The molecule has 0 saturated heterocycles. The SMILES string of the molecule is CN(Cc1cnccn1)C(=O)c1cc(COc2ccc3c(c2)CCCC3)on1. The van der Waals surface area contributed by atoms with E-state index in [1.54, 1.807) is 31.7 Å². The average Bonchev–Trinajstić information content (AvgIpc) is 3.21. The number of nitrogens with zero attached hydrogens (tertiary/aromatic N) is 4. The normalized spacial score (nSPS) is 13.0. The number of benzene rings is 1. The van der Waals surface area contributed by atoms with Gasteiger partial charge in [0.05, 0.1) is 18.4 Å². The van der Waals surface area contributed by atoms with Gasteiger partial charge in [-0.3, -0.25) is 14.8 Å². The second-order valence-electron chi connectivity index (χ2n) is 6.96. The molecular weight excluding hydrogens is 356 g/mol. The van der Waals surface area contributed by atoms with E-state index in [9.17, 15) is 4.79 Å². The fraction of sp³-hybridized carbons (Fsp3) is 0.333. The fourth-order valence-corrected chi connectivity index (χ4v) is 3.36. The van der Waals surface area contributed by atoms with Gasteiger partial charge in [0.15, 0.2) is 11.5 Å². The zero-order valence-electron chi connectivity index (χ0n) is 15.8. The molecule has 0 aliphatic heterocycles. The molecule has 1 amide bonds. The molecular formula is C21H22N4O3. The van der Waals surface area contributed by atoms with Crippen LogP contribution in [0.25, 0.3) is 0 Å². The molecule has 7 heteroatoms. The van der Waals surface area contributed by atoms with Crippen molar-refractivity contribution < 1.29 is 14.1 Å². The molecule has 0 radical (unpaired) electrons. The maximum atomic E-state index is 12.5. The van der Waals surface area contributed by atoms with Crippen LogP contribution in [0.5, 0.6) is 5.75 Å². The molecule has 0 bridgehead atoms. The molecule has 0 N–H and O–H groups in total. The molecule has 2 aromatic heterocycles. The van der Waals surface area contributed by atoms with Gasteiger partial charge in [-0.25, -0.2) is 0 Å². The smallest absolute Gasteiger partial charge is 0.276 e. The summed E-state index contributed by atoms with van der Waals surface area (Å²) in [6.07, 6.45) is 9.55. The Kier molecular flexibility index (Phi) is 5.32. The van der Waals surface area contributed by atoms with E-state index in [1.807, 2.05) is 6.07 Å². The summed E-state index contributed by atoms with van der Waals surface area (Å²) in [6, 6.07) is 7.85. The van der Waals surface area contributed by atoms with Crippen LogP contribution in [0.15, 0.2) is 47.4 Å². The number of aromatic nitrogens is 3. The van der Waals surface area contributed by atoms with Crippen molar-refractivity contribution in [2.45, 2.75) is 38.8 Å². The van der Waals surface area contributed by atoms with Crippen molar-refractivity contribution in [1.29, 1.82) is 0 Å². The third-order valence-electron chi connectivity index (χ3n) is 4.84. The summed E-state index contributed by atoms with van der Waals surface area (Å²) >= 11 is 0. The van der Waals surface area contributed by atoms with Crippen molar-refractivity contribution in [2.75, 3.05) is 7.05 Å². The number of fused-ring (bicyclic) bond motifs is 1. The zero-order valence-corrected chi connectivity index (χ0v) is 15.8.